The van der Waals surface area contributed by atoms with Crippen LogP contribution in [0.25, 0.3) is 0 Å². The highest BCUT2D eigenvalue weighted by Gasteiger charge is 2.12. The lowest BCUT2D eigenvalue weighted by Crippen LogP contribution is -2.20. The van der Waals surface area contributed by atoms with Crippen LogP contribution in [0.5, 0.6) is 0 Å². The summed E-state index contributed by atoms with van der Waals surface area (Å²) in [6.45, 7) is 5.75. The average molecular weight is 449 g/mol. The highest BCUT2D eigenvalue weighted by molar-refractivity contribution is 4.56. The smallest absolute Gasteiger partial charge is 0.157 e. The van der Waals surface area contributed by atoms with Crippen LogP contribution in [0.4, 0.5) is 0 Å². The predicted octanol–water partition coefficient (Wildman–Crippen LogP) is 5.05. The first-order chi connectivity index (χ1) is 15.2. The van der Waals surface area contributed by atoms with Gasteiger partial charge in [0, 0.05) is 47.8 Å². The lowest BCUT2D eigenvalue weighted by Gasteiger charge is -2.20. The minimum Gasteiger partial charge on any atom is -0.379 e. The summed E-state index contributed by atoms with van der Waals surface area (Å²) in [5.74, 6) is 0. The van der Waals surface area contributed by atoms with Crippen LogP contribution in [-0.2, 0) is 33.2 Å². The van der Waals surface area contributed by atoms with Gasteiger partial charge in [-0.2, -0.15) is 0 Å². The van der Waals surface area contributed by atoms with Crippen LogP contribution in [-0.4, -0.2) is 72.7 Å². The monoisotopic (exact) mass is 448 g/mol. The van der Waals surface area contributed by atoms with E-state index in [-0.39, 0.29) is 18.9 Å². The van der Waals surface area contributed by atoms with Gasteiger partial charge in [0.1, 0.15) is 0 Å². The summed E-state index contributed by atoms with van der Waals surface area (Å²) in [5, 5.41) is 0. The Bertz CT molecular complexity index is 316. The molecular formula is C24H48O7. The zero-order valence-electron chi connectivity index (χ0n) is 20.5. The maximum atomic E-state index is 5.28. The fraction of sp³-hybridized carbons (Fsp3) is 1.00. The van der Waals surface area contributed by atoms with Gasteiger partial charge < -0.3 is 33.2 Å². The van der Waals surface area contributed by atoms with Gasteiger partial charge in [-0.25, -0.2) is 0 Å². The van der Waals surface area contributed by atoms with Crippen molar-refractivity contribution < 1.29 is 33.2 Å². The van der Waals surface area contributed by atoms with Gasteiger partial charge in [-0.05, 0) is 84.0 Å². The van der Waals surface area contributed by atoms with Crippen molar-refractivity contribution in [1.82, 2.24) is 0 Å². The highest BCUT2D eigenvalue weighted by Crippen LogP contribution is 2.13. The van der Waals surface area contributed by atoms with E-state index in [9.17, 15) is 0 Å². The molecule has 7 heteroatoms. The summed E-state index contributed by atoms with van der Waals surface area (Å²) in [4.78, 5) is 0. The quantitative estimate of drug-likeness (QED) is 0.598. The molecule has 0 aromatic carbocycles. The number of rotatable bonds is 3. The van der Waals surface area contributed by atoms with E-state index in [1.165, 1.54) is 57.8 Å². The zero-order chi connectivity index (χ0) is 22.6. The Morgan fingerprint density at radius 2 is 0.774 bits per heavy atom. The summed E-state index contributed by atoms with van der Waals surface area (Å²) < 4.78 is 35.8. The SMILES string of the molecule is CC1CCCCO1.COC1CCCCO1.COC1CCCCO1.COC1CCCCO1. The van der Waals surface area contributed by atoms with E-state index < -0.39 is 0 Å². The van der Waals surface area contributed by atoms with Crippen molar-refractivity contribution in [3.05, 3.63) is 0 Å². The molecule has 4 fully saturated rings. The van der Waals surface area contributed by atoms with Gasteiger partial charge in [-0.3, -0.25) is 0 Å². The third-order valence-electron chi connectivity index (χ3n) is 5.61. The van der Waals surface area contributed by atoms with Crippen LogP contribution in [0, 0.1) is 0 Å². The second kappa shape index (κ2) is 20.3. The Morgan fingerprint density at radius 3 is 0.903 bits per heavy atom. The maximum Gasteiger partial charge on any atom is 0.157 e. The zero-order valence-corrected chi connectivity index (χ0v) is 20.5. The van der Waals surface area contributed by atoms with E-state index in [1.54, 1.807) is 21.3 Å². The largest absolute Gasteiger partial charge is 0.379 e. The van der Waals surface area contributed by atoms with Crippen molar-refractivity contribution in [3.63, 3.8) is 0 Å². The maximum absolute atomic E-state index is 5.28. The minimum atomic E-state index is 0.0868. The van der Waals surface area contributed by atoms with Gasteiger partial charge in [0.15, 0.2) is 18.9 Å². The van der Waals surface area contributed by atoms with Crippen molar-refractivity contribution in [3.8, 4) is 0 Å². The molecule has 4 rings (SSSR count). The van der Waals surface area contributed by atoms with Crippen LogP contribution in [0.1, 0.15) is 84.0 Å². The normalized spacial score (nSPS) is 31.0. The highest BCUT2D eigenvalue weighted by atomic mass is 16.7. The molecule has 4 saturated heterocycles. The van der Waals surface area contributed by atoms with Gasteiger partial charge in [0.2, 0.25) is 0 Å². The summed E-state index contributed by atoms with van der Waals surface area (Å²) >= 11 is 0. The third kappa shape index (κ3) is 16.1. The minimum absolute atomic E-state index is 0.0868. The van der Waals surface area contributed by atoms with Crippen LogP contribution >= 0.6 is 0 Å². The summed E-state index contributed by atoms with van der Waals surface area (Å²) in [5.41, 5.74) is 0. The number of hydrogen-bond acceptors (Lipinski definition) is 7. The van der Waals surface area contributed by atoms with E-state index in [0.717, 1.165) is 45.7 Å². The standard InChI is InChI=1S/3C6H12O2.C6H12O/c3*1-7-6-4-2-3-5-8-6;1-6-4-2-3-5-7-6/h3*6H,2-5H2,1H3;6H,2-5H2,1H3. The molecule has 0 aliphatic carbocycles. The molecule has 4 aliphatic heterocycles. The Balaban J connectivity index is 0.000000207. The molecule has 7 nitrogen and oxygen atoms in total. The first-order valence-electron chi connectivity index (χ1n) is 12.2. The van der Waals surface area contributed by atoms with Crippen LogP contribution in [0.15, 0.2) is 0 Å². The van der Waals surface area contributed by atoms with Gasteiger partial charge >= 0.3 is 0 Å². The van der Waals surface area contributed by atoms with E-state index in [2.05, 4.69) is 6.92 Å². The van der Waals surface area contributed by atoms with Crippen LogP contribution in [0.2, 0.25) is 0 Å². The van der Waals surface area contributed by atoms with Gasteiger partial charge in [0.05, 0.1) is 6.10 Å². The summed E-state index contributed by atoms with van der Waals surface area (Å²) in [6, 6.07) is 0. The van der Waals surface area contributed by atoms with Crippen molar-refractivity contribution in [1.29, 1.82) is 0 Å². The molecule has 31 heavy (non-hydrogen) atoms. The number of methoxy groups -OCH3 is 3. The molecule has 0 radical (unpaired) electrons. The molecule has 0 aromatic heterocycles. The average Bonchev–Trinajstić information content (AvgIpc) is 2.87. The molecule has 186 valence electrons. The fourth-order valence-electron chi connectivity index (χ4n) is 3.59. The summed E-state index contributed by atoms with van der Waals surface area (Å²) in [6.07, 6.45) is 15.2. The molecule has 0 amide bonds. The van der Waals surface area contributed by atoms with E-state index in [4.69, 9.17) is 33.2 Å². The van der Waals surface area contributed by atoms with Crippen LogP contribution < -0.4 is 0 Å². The number of ether oxygens (including phenoxy) is 7. The van der Waals surface area contributed by atoms with Gasteiger partial charge in [-0.15, -0.1) is 0 Å². The van der Waals surface area contributed by atoms with Crippen molar-refractivity contribution in [2.24, 2.45) is 0 Å². The molecule has 0 N–H and O–H groups in total. The second-order valence-electron chi connectivity index (χ2n) is 8.27. The third-order valence-corrected chi connectivity index (χ3v) is 5.61. The summed E-state index contributed by atoms with van der Waals surface area (Å²) in [7, 11) is 5.07. The first kappa shape index (κ1) is 28.8. The lowest BCUT2D eigenvalue weighted by molar-refractivity contribution is -0.145. The molecule has 0 aromatic rings. The van der Waals surface area contributed by atoms with E-state index >= 15 is 0 Å². The van der Waals surface area contributed by atoms with Gasteiger partial charge in [-0.1, -0.05) is 0 Å². The first-order valence-corrected chi connectivity index (χ1v) is 12.2. The molecule has 0 bridgehead atoms. The topological polar surface area (TPSA) is 64.6 Å². The van der Waals surface area contributed by atoms with Crippen molar-refractivity contribution in [2.75, 3.05) is 47.8 Å². The van der Waals surface area contributed by atoms with Gasteiger partial charge in [0.25, 0.3) is 0 Å². The molecule has 4 aliphatic rings. The molecule has 4 unspecified atom stereocenters. The predicted molar refractivity (Wildman–Crippen MR) is 121 cm³/mol. The van der Waals surface area contributed by atoms with E-state index in [1.807, 2.05) is 0 Å². The van der Waals surface area contributed by atoms with Crippen molar-refractivity contribution >= 4 is 0 Å². The lowest BCUT2D eigenvalue weighted by atomic mass is 10.1. The van der Waals surface area contributed by atoms with Crippen molar-refractivity contribution in [2.45, 2.75) is 109 Å². The Kier molecular flexibility index (Phi) is 18.9. The second-order valence-corrected chi connectivity index (χ2v) is 8.27. The van der Waals surface area contributed by atoms with Crippen LogP contribution in [0.3, 0.4) is 0 Å². The Hall–Kier alpha value is -0.280. The molecule has 0 spiro atoms. The Labute approximate surface area is 190 Å². The molecule has 4 heterocycles. The molecule has 4 atom stereocenters. The number of hydrogen-bond donors (Lipinski definition) is 0. The molecule has 0 saturated carbocycles. The van der Waals surface area contributed by atoms with E-state index in [0.29, 0.717) is 6.10 Å². The Morgan fingerprint density at radius 1 is 0.452 bits per heavy atom. The molecular weight excluding hydrogens is 400 g/mol. The fourth-order valence-corrected chi connectivity index (χ4v) is 3.59.